The molecule has 1 unspecified atom stereocenters. The van der Waals surface area contributed by atoms with Gasteiger partial charge in [-0.25, -0.2) is 9.59 Å². The lowest BCUT2D eigenvalue weighted by atomic mass is 10.0. The Morgan fingerprint density at radius 3 is 2.24 bits per heavy atom. The second-order valence-corrected chi connectivity index (χ2v) is 8.44. The van der Waals surface area contributed by atoms with E-state index in [-0.39, 0.29) is 29.5 Å². The predicted octanol–water partition coefficient (Wildman–Crippen LogP) is 4.49. The van der Waals surface area contributed by atoms with Gasteiger partial charge < -0.3 is 19.3 Å². The van der Waals surface area contributed by atoms with Gasteiger partial charge in [-0.15, -0.1) is 0 Å². The summed E-state index contributed by atoms with van der Waals surface area (Å²) in [7, 11) is 1.31. The van der Waals surface area contributed by atoms with Crippen molar-refractivity contribution in [3.8, 4) is 0 Å². The van der Waals surface area contributed by atoms with Gasteiger partial charge in [-0.3, -0.25) is 4.79 Å². The second-order valence-electron chi connectivity index (χ2n) is 8.44. The first kappa shape index (κ1) is 27.1. The first-order valence-corrected chi connectivity index (χ1v) is 11.9. The second kappa shape index (κ2) is 12.9. The number of aryl methyl sites for hydroxylation is 1. The molecule has 7 nitrogen and oxygen atoms in total. The van der Waals surface area contributed by atoms with E-state index in [2.05, 4.69) is 5.32 Å². The molecule has 1 amide bonds. The van der Waals surface area contributed by atoms with E-state index >= 15 is 0 Å². The van der Waals surface area contributed by atoms with Crippen molar-refractivity contribution in [2.75, 3.05) is 32.1 Å². The monoisotopic (exact) mass is 469 g/mol. The van der Waals surface area contributed by atoms with Gasteiger partial charge in [0, 0.05) is 6.42 Å². The highest BCUT2D eigenvalue weighted by Gasteiger charge is 2.41. The molecule has 7 heteroatoms. The number of amides is 1. The third kappa shape index (κ3) is 6.67. The van der Waals surface area contributed by atoms with Crippen molar-refractivity contribution in [3.05, 3.63) is 65.2 Å². The number of nitrogens with zero attached hydrogens (tertiary/aromatic N) is 1. The quantitative estimate of drug-likeness (QED) is 0.366. The highest BCUT2D eigenvalue weighted by atomic mass is 16.5. The fraction of sp³-hybridized carbons (Fsp3) is 0.444. The molecular weight excluding hydrogens is 432 g/mol. The number of methoxy groups -OCH3 is 1. The van der Waals surface area contributed by atoms with Crippen LogP contribution in [0.15, 0.2) is 48.5 Å². The molecule has 2 rings (SSSR count). The Hall–Kier alpha value is -3.19. The molecule has 0 aliphatic carbocycles. The van der Waals surface area contributed by atoms with E-state index in [0.717, 1.165) is 17.5 Å². The Balaban J connectivity index is 2.27. The molecule has 1 atom stereocenters. The molecule has 0 spiro atoms. The lowest BCUT2D eigenvalue weighted by molar-refractivity contribution is -0.933. The Morgan fingerprint density at radius 1 is 0.971 bits per heavy atom. The number of carbonyl (C=O) groups is 3. The van der Waals surface area contributed by atoms with Gasteiger partial charge in [0.2, 0.25) is 0 Å². The molecule has 0 bridgehead atoms. The van der Waals surface area contributed by atoms with Gasteiger partial charge in [-0.2, -0.15) is 0 Å². The summed E-state index contributed by atoms with van der Waals surface area (Å²) in [4.78, 5) is 38.7. The van der Waals surface area contributed by atoms with Crippen molar-refractivity contribution in [3.63, 3.8) is 0 Å². The number of anilines is 1. The number of hydrogen-bond acceptors (Lipinski definition) is 5. The SMILES string of the molecule is CCCC(C(=O)Nc1c(C)cccc1C(=O)OC)[N+](CC)(CC)CC(=O)OCc1ccccc1. The number of nitrogens with one attached hydrogen (secondary N) is 1. The van der Waals surface area contributed by atoms with Gasteiger partial charge in [0.05, 0.1) is 31.5 Å². The van der Waals surface area contributed by atoms with Crippen LogP contribution in [0.1, 0.15) is 55.1 Å². The molecule has 0 saturated carbocycles. The maximum Gasteiger partial charge on any atom is 0.362 e. The van der Waals surface area contributed by atoms with Crippen LogP contribution >= 0.6 is 0 Å². The topological polar surface area (TPSA) is 81.7 Å². The zero-order valence-corrected chi connectivity index (χ0v) is 20.9. The average Bonchev–Trinajstić information content (AvgIpc) is 2.86. The van der Waals surface area contributed by atoms with Crippen LogP contribution in [0.25, 0.3) is 0 Å². The molecule has 2 aromatic carbocycles. The number of likely N-dealkylation sites (N-methyl/N-ethyl adjacent to an activating group) is 1. The zero-order valence-electron chi connectivity index (χ0n) is 20.9. The van der Waals surface area contributed by atoms with Crippen LogP contribution in [0.4, 0.5) is 5.69 Å². The summed E-state index contributed by atoms with van der Waals surface area (Å²) in [6.07, 6.45) is 1.37. The smallest absolute Gasteiger partial charge is 0.362 e. The Morgan fingerprint density at radius 2 is 1.65 bits per heavy atom. The van der Waals surface area contributed by atoms with Gasteiger partial charge in [-0.05, 0) is 44.4 Å². The summed E-state index contributed by atoms with van der Waals surface area (Å²) in [5.74, 6) is -1.07. The zero-order chi connectivity index (χ0) is 25.1. The Bertz CT molecular complexity index is 970. The maximum atomic E-state index is 13.6. The number of carbonyl (C=O) groups excluding carboxylic acids is 3. The number of rotatable bonds is 12. The molecule has 0 fully saturated rings. The van der Waals surface area contributed by atoms with E-state index in [9.17, 15) is 14.4 Å². The molecule has 184 valence electrons. The molecule has 0 aliphatic heterocycles. The number of quaternary nitrogens is 1. The number of para-hydroxylation sites is 1. The van der Waals surface area contributed by atoms with Gasteiger partial charge in [-0.1, -0.05) is 49.4 Å². The fourth-order valence-electron chi connectivity index (χ4n) is 4.29. The maximum absolute atomic E-state index is 13.6. The minimum atomic E-state index is -0.512. The third-order valence-electron chi connectivity index (χ3n) is 6.40. The molecule has 0 aromatic heterocycles. The van der Waals surface area contributed by atoms with Crippen LogP contribution in [0.3, 0.4) is 0 Å². The molecule has 0 heterocycles. The molecular formula is C27H37N2O5+. The fourth-order valence-corrected chi connectivity index (χ4v) is 4.29. The molecule has 0 saturated heterocycles. The van der Waals surface area contributed by atoms with Gasteiger partial charge in [0.1, 0.15) is 6.61 Å². The van der Waals surface area contributed by atoms with Crippen molar-refractivity contribution < 1.29 is 28.3 Å². The van der Waals surface area contributed by atoms with E-state index in [1.165, 1.54) is 7.11 Å². The van der Waals surface area contributed by atoms with Crippen molar-refractivity contribution in [1.29, 1.82) is 0 Å². The first-order valence-electron chi connectivity index (χ1n) is 11.9. The number of ether oxygens (including phenoxy) is 2. The van der Waals surface area contributed by atoms with Gasteiger partial charge in [0.25, 0.3) is 5.91 Å². The van der Waals surface area contributed by atoms with Crippen molar-refractivity contribution >= 4 is 23.5 Å². The van der Waals surface area contributed by atoms with Crippen LogP contribution in [-0.4, -0.2) is 55.1 Å². The molecule has 0 aliphatic rings. The Kier molecular flexibility index (Phi) is 10.3. The first-order chi connectivity index (χ1) is 16.3. The molecule has 0 radical (unpaired) electrons. The van der Waals surface area contributed by atoms with Gasteiger partial charge >= 0.3 is 11.9 Å². The highest BCUT2D eigenvalue weighted by molar-refractivity contribution is 6.03. The Labute approximate surface area is 202 Å². The lowest BCUT2D eigenvalue weighted by Crippen LogP contribution is -2.62. The lowest BCUT2D eigenvalue weighted by Gasteiger charge is -2.42. The summed E-state index contributed by atoms with van der Waals surface area (Å²) in [5, 5.41) is 2.98. The minimum absolute atomic E-state index is 0.0928. The normalized spacial score (nSPS) is 12.0. The van der Waals surface area contributed by atoms with Crippen molar-refractivity contribution in [1.82, 2.24) is 0 Å². The standard InChI is InChI=1S/C27H36N2O5/c1-6-13-23(26(31)28-25-20(4)14-12-17-22(25)27(32)33-5)29(7-2,8-3)18-24(30)34-19-21-15-10-9-11-16-21/h9-12,14-17,23H,6-8,13,18-19H2,1-5H3/p+1. The molecule has 1 N–H and O–H groups in total. The highest BCUT2D eigenvalue weighted by Crippen LogP contribution is 2.25. The largest absolute Gasteiger partial charge is 0.465 e. The summed E-state index contributed by atoms with van der Waals surface area (Å²) in [5.41, 5.74) is 2.43. The third-order valence-corrected chi connectivity index (χ3v) is 6.40. The van der Waals surface area contributed by atoms with Crippen molar-refractivity contribution in [2.45, 2.75) is 53.2 Å². The van der Waals surface area contributed by atoms with E-state index in [0.29, 0.717) is 30.8 Å². The van der Waals surface area contributed by atoms with Crippen LogP contribution in [0.5, 0.6) is 0 Å². The summed E-state index contributed by atoms with van der Waals surface area (Å²) in [6.45, 7) is 9.29. The van der Waals surface area contributed by atoms with Crippen LogP contribution in [-0.2, 0) is 25.7 Å². The molecule has 2 aromatic rings. The van der Waals surface area contributed by atoms with Crippen LogP contribution in [0.2, 0.25) is 0 Å². The van der Waals surface area contributed by atoms with Crippen molar-refractivity contribution in [2.24, 2.45) is 0 Å². The summed E-state index contributed by atoms with van der Waals surface area (Å²) in [6, 6.07) is 14.3. The minimum Gasteiger partial charge on any atom is -0.465 e. The van der Waals surface area contributed by atoms with Gasteiger partial charge in [0.15, 0.2) is 12.6 Å². The summed E-state index contributed by atoms with van der Waals surface area (Å²) >= 11 is 0. The number of benzene rings is 2. The average molecular weight is 470 g/mol. The van der Waals surface area contributed by atoms with E-state index < -0.39 is 12.0 Å². The van der Waals surface area contributed by atoms with Crippen LogP contribution < -0.4 is 5.32 Å². The molecule has 34 heavy (non-hydrogen) atoms. The summed E-state index contributed by atoms with van der Waals surface area (Å²) < 4.78 is 10.7. The van der Waals surface area contributed by atoms with Crippen LogP contribution in [0, 0.1) is 6.92 Å². The van der Waals surface area contributed by atoms with E-state index in [1.54, 1.807) is 12.1 Å². The number of esters is 2. The van der Waals surface area contributed by atoms with E-state index in [1.807, 2.05) is 64.1 Å². The predicted molar refractivity (Wildman–Crippen MR) is 132 cm³/mol. The number of hydrogen-bond donors (Lipinski definition) is 1. The van der Waals surface area contributed by atoms with E-state index in [4.69, 9.17) is 9.47 Å².